The van der Waals surface area contributed by atoms with Gasteiger partial charge in [0, 0.05) is 45.3 Å². The molecule has 0 unspecified atom stereocenters. The lowest BCUT2D eigenvalue weighted by Gasteiger charge is -2.32. The molecule has 2 saturated heterocycles. The lowest BCUT2D eigenvalue weighted by atomic mass is 10.0. The average molecular weight is 1350 g/mol. The standard InChI is InChI=1S/C63H98N18O13S/c1-37(2)33-45(57(89)74-41(53(68)85)27-32-95-3)73-52(84)36-72-54(86)46(34-38-15-6-4-7-16-38)78-58(90)47(35-39-17-8-5-9-18-39)79-56(88)42(23-25-50(66)82)75-55(87)43(24-26-51(67)83)76-59(91)49-22-14-31-81(49)62(94)44(20-10-11-28-64)77-60(92)48-21-13-30-80(48)61(93)40(65)19-12-29-71-63(69)70/h4-9,15-18,37,40-49H,10-14,19-36,64-65H2,1-3H3,(H2,66,82)(H2,67,83)(H2,68,85)(H,72,86)(H,73,84)(H,74,89)(H,75,87)(H,76,91)(H,77,92)(H,78,90)(H,79,88)(H4,69,70,71)/t40-,41+,42+,43-,44-,45+,46-,47-,48+,49+/m1/s1. The van der Waals surface area contributed by atoms with Gasteiger partial charge in [0.05, 0.1) is 12.6 Å². The Bertz CT molecular complexity index is 2960. The molecule has 0 bridgehead atoms. The van der Waals surface area contributed by atoms with Crippen molar-refractivity contribution in [3.8, 4) is 0 Å². The number of likely N-dealkylation sites (tertiary alicyclic amines) is 2. The van der Waals surface area contributed by atoms with Gasteiger partial charge >= 0.3 is 0 Å². The van der Waals surface area contributed by atoms with Crippen LogP contribution >= 0.6 is 11.8 Å². The molecule has 0 spiro atoms. The van der Waals surface area contributed by atoms with Gasteiger partial charge in [-0.25, -0.2) is 0 Å². The maximum Gasteiger partial charge on any atom is 0.245 e. The number of unbranched alkanes of at least 4 members (excludes halogenated alkanes) is 1. The van der Waals surface area contributed by atoms with Crippen molar-refractivity contribution >= 4 is 94.5 Å². The number of aliphatic imine (C=N–C) groups is 1. The van der Waals surface area contributed by atoms with Crippen LogP contribution in [0, 0.1) is 5.92 Å². The summed E-state index contributed by atoms with van der Waals surface area (Å²) in [5.41, 5.74) is 40.6. The predicted molar refractivity (Wildman–Crippen MR) is 356 cm³/mol. The van der Waals surface area contributed by atoms with E-state index in [-0.39, 0.29) is 83.0 Å². The minimum Gasteiger partial charge on any atom is -0.370 e. The topological polar surface area (TPSA) is 519 Å². The molecule has 4 rings (SSSR count). The first-order chi connectivity index (χ1) is 45.2. The summed E-state index contributed by atoms with van der Waals surface area (Å²) in [6, 6.07) is 4.51. The van der Waals surface area contributed by atoms with E-state index in [1.54, 1.807) is 60.7 Å². The van der Waals surface area contributed by atoms with Gasteiger partial charge in [-0.1, -0.05) is 74.5 Å². The number of rotatable bonds is 42. The van der Waals surface area contributed by atoms with Crippen LogP contribution in [0.1, 0.15) is 121 Å². The van der Waals surface area contributed by atoms with Crippen molar-refractivity contribution < 1.29 is 62.3 Å². The Morgan fingerprint density at radius 3 is 1.51 bits per heavy atom. The van der Waals surface area contributed by atoms with Gasteiger partial charge in [-0.15, -0.1) is 0 Å². The maximum absolute atomic E-state index is 14.7. The molecule has 95 heavy (non-hydrogen) atoms. The second-order valence-corrected chi connectivity index (χ2v) is 25.1. The molecule has 0 aromatic heterocycles. The van der Waals surface area contributed by atoms with Gasteiger partial charge in [0.2, 0.25) is 76.8 Å². The van der Waals surface area contributed by atoms with Crippen molar-refractivity contribution in [2.45, 2.75) is 183 Å². The van der Waals surface area contributed by atoms with Crippen LogP contribution in [0.3, 0.4) is 0 Å². The summed E-state index contributed by atoms with van der Waals surface area (Å²) in [7, 11) is 0. The molecule has 524 valence electrons. The van der Waals surface area contributed by atoms with E-state index in [4.69, 9.17) is 40.1 Å². The van der Waals surface area contributed by atoms with Gasteiger partial charge in [0.25, 0.3) is 0 Å². The molecule has 2 aromatic carbocycles. The maximum atomic E-state index is 14.7. The third-order valence-corrected chi connectivity index (χ3v) is 16.7. The normalized spacial score (nSPS) is 16.8. The number of thioether (sulfide) groups is 1. The summed E-state index contributed by atoms with van der Waals surface area (Å²) in [5.74, 6) is -9.80. The SMILES string of the molecule is CSCC[C@H](NC(=O)[C@H](CC(C)C)NC(=O)CNC(=O)[C@@H](Cc1ccccc1)NC(=O)[C@@H](Cc1ccccc1)NC(=O)[C@H](CCC(N)=O)NC(=O)[C@@H](CCC(N)=O)NC(=O)[C@@H]1CCCN1C(=O)[C@@H](CCCCN)NC(=O)[C@@H]1CCCN1C(=O)[C@H](N)CCCN=C(N)N)C(N)=O. The van der Waals surface area contributed by atoms with Crippen molar-refractivity contribution in [2.75, 3.05) is 44.7 Å². The number of guanidine groups is 1. The molecule has 10 atom stereocenters. The first-order valence-corrected chi connectivity index (χ1v) is 33.6. The molecule has 13 amide bonds. The summed E-state index contributed by atoms with van der Waals surface area (Å²) in [4.78, 5) is 185. The van der Waals surface area contributed by atoms with Crippen molar-refractivity contribution in [1.29, 1.82) is 0 Å². The predicted octanol–water partition coefficient (Wildman–Crippen LogP) is -3.71. The van der Waals surface area contributed by atoms with Crippen LogP contribution in [-0.2, 0) is 75.2 Å². The van der Waals surface area contributed by atoms with Crippen LogP contribution in [0.5, 0.6) is 0 Å². The summed E-state index contributed by atoms with van der Waals surface area (Å²) in [6.07, 6.45) is 3.12. The third-order valence-electron chi connectivity index (χ3n) is 16.0. The second kappa shape index (κ2) is 41.0. The monoisotopic (exact) mass is 1350 g/mol. The van der Waals surface area contributed by atoms with Gasteiger partial charge in [-0.05, 0) is 119 Å². The van der Waals surface area contributed by atoms with Crippen LogP contribution in [0.15, 0.2) is 65.7 Å². The number of hydrogen-bond donors (Lipinski definition) is 15. The van der Waals surface area contributed by atoms with Crippen LogP contribution in [0.25, 0.3) is 0 Å². The smallest absolute Gasteiger partial charge is 0.245 e. The number of amides is 13. The molecule has 0 aliphatic carbocycles. The number of primary amides is 3. The number of nitrogens with one attached hydrogen (secondary N) is 8. The lowest BCUT2D eigenvalue weighted by molar-refractivity contribution is -0.144. The zero-order valence-corrected chi connectivity index (χ0v) is 55.3. The van der Waals surface area contributed by atoms with E-state index in [0.29, 0.717) is 55.4 Å². The molecular weight excluding hydrogens is 1250 g/mol. The molecule has 22 N–H and O–H groups in total. The average Bonchev–Trinajstić information content (AvgIpc) is 1.74. The summed E-state index contributed by atoms with van der Waals surface area (Å²) >= 11 is 1.45. The largest absolute Gasteiger partial charge is 0.370 e. The minimum absolute atomic E-state index is 0.0736. The highest BCUT2D eigenvalue weighted by atomic mass is 32.2. The van der Waals surface area contributed by atoms with Crippen molar-refractivity contribution in [1.82, 2.24) is 52.3 Å². The Hall–Kier alpha value is -8.91. The van der Waals surface area contributed by atoms with Gasteiger partial charge in [0.15, 0.2) is 5.96 Å². The summed E-state index contributed by atoms with van der Waals surface area (Å²) in [6.45, 7) is 3.86. The molecule has 2 aliphatic rings. The fourth-order valence-electron chi connectivity index (χ4n) is 11.0. The zero-order valence-electron chi connectivity index (χ0n) is 54.5. The van der Waals surface area contributed by atoms with Gasteiger partial charge < -0.3 is 92.5 Å². The number of nitrogens with two attached hydrogens (primary N) is 7. The highest BCUT2D eigenvalue weighted by Crippen LogP contribution is 2.24. The van der Waals surface area contributed by atoms with E-state index in [1.165, 1.54) is 21.6 Å². The molecule has 0 radical (unpaired) electrons. The Morgan fingerprint density at radius 2 is 1.01 bits per heavy atom. The van der Waals surface area contributed by atoms with Gasteiger partial charge in [-0.3, -0.25) is 67.3 Å². The van der Waals surface area contributed by atoms with Gasteiger partial charge in [0.1, 0.15) is 54.4 Å². The molecule has 32 heteroatoms. The number of carbonyl (C=O) groups is 13. The van der Waals surface area contributed by atoms with Gasteiger partial charge in [-0.2, -0.15) is 11.8 Å². The zero-order chi connectivity index (χ0) is 70.1. The molecule has 0 saturated carbocycles. The molecule has 2 aromatic rings. The van der Waals surface area contributed by atoms with E-state index in [1.807, 2.05) is 20.1 Å². The Kier molecular flexibility index (Phi) is 33.9. The first-order valence-electron chi connectivity index (χ1n) is 32.2. The highest BCUT2D eigenvalue weighted by molar-refractivity contribution is 7.98. The van der Waals surface area contributed by atoms with E-state index >= 15 is 0 Å². The van der Waals surface area contributed by atoms with Crippen molar-refractivity contribution in [3.63, 3.8) is 0 Å². The van der Waals surface area contributed by atoms with E-state index in [2.05, 4.69) is 47.5 Å². The van der Waals surface area contributed by atoms with E-state index in [0.717, 1.165) is 0 Å². The molecule has 2 fully saturated rings. The quantitative estimate of drug-likeness (QED) is 0.0173. The van der Waals surface area contributed by atoms with Crippen molar-refractivity contribution in [3.05, 3.63) is 71.8 Å². The fourth-order valence-corrected chi connectivity index (χ4v) is 11.5. The van der Waals surface area contributed by atoms with Crippen LogP contribution < -0.4 is 82.7 Å². The number of carbonyl (C=O) groups excluding carboxylic acids is 13. The molecule has 2 heterocycles. The first kappa shape index (κ1) is 78.5. The second-order valence-electron chi connectivity index (χ2n) is 24.1. The Morgan fingerprint density at radius 1 is 0.537 bits per heavy atom. The van der Waals surface area contributed by atoms with E-state index in [9.17, 15) is 62.3 Å². The number of hydrogen-bond acceptors (Lipinski definition) is 17. The fraction of sp³-hybridized carbons (Fsp3) is 0.587. The third kappa shape index (κ3) is 27.5. The molecular formula is C63H98N18O13S. The van der Waals surface area contributed by atoms with Crippen LogP contribution in [-0.4, -0.2) is 198 Å². The van der Waals surface area contributed by atoms with Crippen molar-refractivity contribution in [2.24, 2.45) is 51.0 Å². The number of nitrogens with zero attached hydrogens (tertiary/aromatic N) is 3. The van der Waals surface area contributed by atoms with Crippen LogP contribution in [0.2, 0.25) is 0 Å². The number of benzene rings is 2. The molecule has 31 nitrogen and oxygen atoms in total. The summed E-state index contributed by atoms with van der Waals surface area (Å²) in [5, 5.41) is 21.1. The summed E-state index contributed by atoms with van der Waals surface area (Å²) < 4.78 is 0. The molecule has 2 aliphatic heterocycles. The Balaban J connectivity index is 1.56. The highest BCUT2D eigenvalue weighted by Gasteiger charge is 2.42. The minimum atomic E-state index is -1.64. The van der Waals surface area contributed by atoms with Crippen LogP contribution in [0.4, 0.5) is 0 Å². The Labute approximate surface area is 558 Å². The lowest BCUT2D eigenvalue weighted by Crippen LogP contribution is -2.60. The van der Waals surface area contributed by atoms with E-state index < -0.39 is 169 Å².